The molecule has 1 aromatic heterocycles. The molecule has 0 saturated carbocycles. The Morgan fingerprint density at radius 2 is 1.54 bits per heavy atom. The van der Waals surface area contributed by atoms with E-state index in [0.717, 1.165) is 13.2 Å². The quantitative estimate of drug-likeness (QED) is 0.168. The number of hydrogen-bond donors (Lipinski definition) is 9. The van der Waals surface area contributed by atoms with Crippen LogP contribution in [0.1, 0.15) is 23.3 Å². The SMILES string of the molecule is COc1c(C2OC(CO)C(O)C(O)C2O)c(O)c2c(=O)cc(-c3ccc(O)cc3)oc2c1C1OCC(O)C(O)C1O. The number of aromatic hydroxyl groups is 2. The molecule has 0 aliphatic carbocycles. The van der Waals surface area contributed by atoms with Crippen molar-refractivity contribution in [2.75, 3.05) is 20.3 Å². The van der Waals surface area contributed by atoms with Crippen LogP contribution in [0.15, 0.2) is 39.5 Å². The Hall–Kier alpha value is -3.31. The number of ether oxygens (including phenoxy) is 3. The summed E-state index contributed by atoms with van der Waals surface area (Å²) in [7, 11) is 1.15. The van der Waals surface area contributed by atoms with Crippen LogP contribution < -0.4 is 10.2 Å². The molecule has 0 spiro atoms. The van der Waals surface area contributed by atoms with E-state index in [0.29, 0.717) is 5.56 Å². The normalized spacial score (nSPS) is 32.2. The molecule has 9 N–H and O–H groups in total. The molecular weight excluding hydrogens is 548 g/mol. The first kappa shape index (κ1) is 29.2. The minimum Gasteiger partial charge on any atom is -0.508 e. The van der Waals surface area contributed by atoms with Crippen LogP contribution in [0.25, 0.3) is 22.3 Å². The predicted molar refractivity (Wildman–Crippen MR) is 137 cm³/mol. The van der Waals surface area contributed by atoms with Gasteiger partial charge in [0.2, 0.25) is 0 Å². The fraction of sp³-hybridized carbons (Fsp3) is 0.444. The van der Waals surface area contributed by atoms with E-state index in [2.05, 4.69) is 0 Å². The molecule has 2 saturated heterocycles. The Morgan fingerprint density at radius 1 is 0.878 bits per heavy atom. The number of rotatable bonds is 5. The number of aliphatic hydroxyl groups is 7. The van der Waals surface area contributed by atoms with Gasteiger partial charge in [0.1, 0.15) is 83.3 Å². The largest absolute Gasteiger partial charge is 0.508 e. The fourth-order valence-corrected chi connectivity index (χ4v) is 5.31. The van der Waals surface area contributed by atoms with Crippen molar-refractivity contribution in [1.82, 2.24) is 0 Å². The summed E-state index contributed by atoms with van der Waals surface area (Å²) in [5.41, 5.74) is -1.38. The lowest BCUT2D eigenvalue weighted by atomic mass is 9.85. The van der Waals surface area contributed by atoms with Crippen molar-refractivity contribution >= 4 is 11.0 Å². The van der Waals surface area contributed by atoms with E-state index < -0.39 is 90.3 Å². The van der Waals surface area contributed by atoms with Crippen LogP contribution in [0, 0.1) is 0 Å². The Balaban J connectivity index is 1.83. The maximum absolute atomic E-state index is 13.5. The maximum Gasteiger partial charge on any atom is 0.197 e. The van der Waals surface area contributed by atoms with E-state index in [-0.39, 0.29) is 28.4 Å². The van der Waals surface area contributed by atoms with Gasteiger partial charge in [-0.15, -0.1) is 0 Å². The Morgan fingerprint density at radius 3 is 2.17 bits per heavy atom. The molecular formula is C27H30O14. The maximum atomic E-state index is 13.5. The highest BCUT2D eigenvalue weighted by molar-refractivity contribution is 5.92. The van der Waals surface area contributed by atoms with Gasteiger partial charge in [-0.1, -0.05) is 0 Å². The van der Waals surface area contributed by atoms with Gasteiger partial charge in [0, 0.05) is 11.6 Å². The van der Waals surface area contributed by atoms with Gasteiger partial charge in [-0.05, 0) is 24.3 Å². The average Bonchev–Trinajstić information content (AvgIpc) is 2.95. The van der Waals surface area contributed by atoms with Crippen LogP contribution in [0.3, 0.4) is 0 Å². The van der Waals surface area contributed by atoms with Crippen molar-refractivity contribution in [3.05, 3.63) is 51.7 Å². The third kappa shape index (κ3) is 4.82. The summed E-state index contributed by atoms with van der Waals surface area (Å²) in [6.07, 6.45) is -15.0. The van der Waals surface area contributed by atoms with Crippen molar-refractivity contribution in [1.29, 1.82) is 0 Å². The topological polar surface area (TPSA) is 240 Å². The van der Waals surface area contributed by atoms with Crippen LogP contribution in [-0.2, 0) is 9.47 Å². The summed E-state index contributed by atoms with van der Waals surface area (Å²) < 4.78 is 22.9. The van der Waals surface area contributed by atoms with Crippen LogP contribution in [-0.4, -0.2) is 109 Å². The molecule has 3 heterocycles. The molecule has 9 unspecified atom stereocenters. The lowest BCUT2D eigenvalue weighted by molar-refractivity contribution is -0.232. The second-order valence-corrected chi connectivity index (χ2v) is 9.99. The highest BCUT2D eigenvalue weighted by atomic mass is 16.6. The van der Waals surface area contributed by atoms with Crippen LogP contribution >= 0.6 is 0 Å². The summed E-state index contributed by atoms with van der Waals surface area (Å²) in [5, 5.41) is 93.2. The van der Waals surface area contributed by atoms with Gasteiger partial charge < -0.3 is 64.6 Å². The number of benzene rings is 2. The number of phenolic OH excluding ortho intramolecular Hbond substituents is 2. The van der Waals surface area contributed by atoms with Gasteiger partial charge in [0.25, 0.3) is 0 Å². The predicted octanol–water partition coefficient (Wildman–Crippen LogP) is -1.45. The second-order valence-electron chi connectivity index (χ2n) is 9.99. The first-order chi connectivity index (χ1) is 19.5. The number of methoxy groups -OCH3 is 1. The fourth-order valence-electron chi connectivity index (χ4n) is 5.31. The van der Waals surface area contributed by atoms with Gasteiger partial charge >= 0.3 is 0 Å². The molecule has 0 amide bonds. The van der Waals surface area contributed by atoms with E-state index in [4.69, 9.17) is 18.6 Å². The van der Waals surface area contributed by atoms with Gasteiger partial charge in [0.05, 0.1) is 31.5 Å². The highest BCUT2D eigenvalue weighted by Gasteiger charge is 2.48. The van der Waals surface area contributed by atoms with Crippen molar-refractivity contribution in [2.45, 2.75) is 54.9 Å². The minimum atomic E-state index is -1.90. The zero-order valence-electron chi connectivity index (χ0n) is 21.6. The van der Waals surface area contributed by atoms with E-state index in [9.17, 15) is 50.8 Å². The monoisotopic (exact) mass is 578 g/mol. The molecule has 5 rings (SSSR count). The zero-order chi connectivity index (χ0) is 29.7. The smallest absolute Gasteiger partial charge is 0.197 e. The summed E-state index contributed by atoms with van der Waals surface area (Å²) >= 11 is 0. The van der Waals surface area contributed by atoms with Crippen LogP contribution in [0.2, 0.25) is 0 Å². The average molecular weight is 579 g/mol. The highest BCUT2D eigenvalue weighted by Crippen LogP contribution is 2.51. The molecule has 0 radical (unpaired) electrons. The zero-order valence-corrected chi connectivity index (χ0v) is 21.6. The van der Waals surface area contributed by atoms with Crippen molar-refractivity contribution in [3.8, 4) is 28.6 Å². The van der Waals surface area contributed by atoms with E-state index in [1.54, 1.807) is 0 Å². The molecule has 14 heteroatoms. The molecule has 2 aliphatic rings. The van der Waals surface area contributed by atoms with E-state index >= 15 is 0 Å². The lowest BCUT2D eigenvalue weighted by Crippen LogP contribution is -2.55. The van der Waals surface area contributed by atoms with Crippen molar-refractivity contribution in [3.63, 3.8) is 0 Å². The Bertz CT molecular complexity index is 1470. The van der Waals surface area contributed by atoms with Crippen molar-refractivity contribution < 1.29 is 64.6 Å². The second kappa shape index (κ2) is 11.2. The molecule has 2 aromatic carbocycles. The summed E-state index contributed by atoms with van der Waals surface area (Å²) in [6, 6.07) is 6.69. The molecule has 3 aromatic rings. The van der Waals surface area contributed by atoms with Gasteiger partial charge in [-0.3, -0.25) is 4.79 Å². The van der Waals surface area contributed by atoms with Gasteiger partial charge in [-0.25, -0.2) is 0 Å². The van der Waals surface area contributed by atoms with Gasteiger partial charge in [0.15, 0.2) is 11.0 Å². The van der Waals surface area contributed by atoms with E-state index in [1.807, 2.05) is 0 Å². The van der Waals surface area contributed by atoms with Crippen LogP contribution in [0.4, 0.5) is 0 Å². The molecule has 41 heavy (non-hydrogen) atoms. The molecule has 0 bridgehead atoms. The minimum absolute atomic E-state index is 0.0170. The first-order valence-corrected chi connectivity index (χ1v) is 12.7. The summed E-state index contributed by atoms with van der Waals surface area (Å²) in [4.78, 5) is 13.5. The summed E-state index contributed by atoms with van der Waals surface area (Å²) in [5.74, 6) is -1.19. The standard InChI is InChI=1S/C27H30O14/c1-38-24-16(27-23(37)21(35)19(33)14(7-28)41-27)20(34)15-11(30)6-13(9-2-4-10(29)5-3-9)40-25(15)17(24)26-22(36)18(32)12(31)8-39-26/h2-6,12,14,18-19,21-23,26-29,31-37H,7-8H2,1H3. The third-order valence-electron chi connectivity index (χ3n) is 7.49. The van der Waals surface area contributed by atoms with Crippen molar-refractivity contribution in [2.24, 2.45) is 0 Å². The molecule has 9 atom stereocenters. The third-order valence-corrected chi connectivity index (χ3v) is 7.49. The number of phenols is 2. The molecule has 14 nitrogen and oxygen atoms in total. The number of fused-ring (bicyclic) bond motifs is 1. The van der Waals surface area contributed by atoms with E-state index in [1.165, 1.54) is 24.3 Å². The molecule has 2 aliphatic heterocycles. The van der Waals surface area contributed by atoms with Crippen LogP contribution in [0.5, 0.6) is 17.2 Å². The van der Waals surface area contributed by atoms with Gasteiger partial charge in [-0.2, -0.15) is 0 Å². The molecule has 2 fully saturated rings. The Kier molecular flexibility index (Phi) is 7.95. The number of hydrogen-bond acceptors (Lipinski definition) is 14. The number of aliphatic hydroxyl groups excluding tert-OH is 7. The molecule has 222 valence electrons. The first-order valence-electron chi connectivity index (χ1n) is 12.7. The lowest BCUT2D eigenvalue weighted by Gasteiger charge is -2.41. The summed E-state index contributed by atoms with van der Waals surface area (Å²) in [6.45, 7) is -1.23. The Labute approximate surface area is 231 Å².